The first-order valence-electron chi connectivity index (χ1n) is 8.83. The number of rotatable bonds is 7. The van der Waals surface area contributed by atoms with Crippen molar-refractivity contribution in [3.05, 3.63) is 65.7 Å². The van der Waals surface area contributed by atoms with Gasteiger partial charge >= 0.3 is 0 Å². The molecule has 0 amide bonds. The van der Waals surface area contributed by atoms with Crippen LogP contribution in [0.25, 0.3) is 0 Å². The maximum absolute atomic E-state index is 5.87. The third kappa shape index (κ3) is 6.37. The lowest BCUT2D eigenvalue weighted by atomic mass is 9.95. The molecule has 0 radical (unpaired) electrons. The van der Waals surface area contributed by atoms with Crippen molar-refractivity contribution in [2.75, 3.05) is 6.54 Å². The highest BCUT2D eigenvalue weighted by atomic mass is 16.5. The Morgan fingerprint density at radius 1 is 0.875 bits per heavy atom. The van der Waals surface area contributed by atoms with Gasteiger partial charge in [0.25, 0.3) is 0 Å². The van der Waals surface area contributed by atoms with Crippen molar-refractivity contribution in [3.8, 4) is 5.75 Å². The van der Waals surface area contributed by atoms with Gasteiger partial charge < -0.3 is 4.74 Å². The highest BCUT2D eigenvalue weighted by Crippen LogP contribution is 2.21. The third-order valence-corrected chi connectivity index (χ3v) is 3.97. The summed E-state index contributed by atoms with van der Waals surface area (Å²) in [7, 11) is 0. The molecule has 0 saturated carbocycles. The van der Waals surface area contributed by atoms with Crippen LogP contribution in [0.2, 0.25) is 0 Å². The molecule has 0 atom stereocenters. The largest absolute Gasteiger partial charge is 0.489 e. The molecule has 2 aromatic carbocycles. The molecule has 0 N–H and O–H groups in total. The second kappa shape index (κ2) is 8.34. The van der Waals surface area contributed by atoms with Crippen LogP contribution in [0.4, 0.5) is 0 Å². The van der Waals surface area contributed by atoms with E-state index >= 15 is 0 Å². The quantitative estimate of drug-likeness (QED) is 0.664. The standard InChI is InChI=1S/C22H31NO/c1-18(2)23(17-22(3,4)5)15-19-11-13-21(14-12-19)24-16-20-9-7-6-8-10-20/h6-14,18H,15-17H2,1-5H3. The number of nitrogens with zero attached hydrogens (tertiary/aromatic N) is 1. The van der Waals surface area contributed by atoms with Gasteiger partial charge in [-0.25, -0.2) is 0 Å². The summed E-state index contributed by atoms with van der Waals surface area (Å²) in [5, 5.41) is 0. The van der Waals surface area contributed by atoms with Crippen molar-refractivity contribution in [2.24, 2.45) is 5.41 Å². The van der Waals surface area contributed by atoms with Gasteiger partial charge in [-0.15, -0.1) is 0 Å². The molecule has 0 aromatic heterocycles. The predicted octanol–water partition coefficient (Wildman–Crippen LogP) is 5.52. The summed E-state index contributed by atoms with van der Waals surface area (Å²) in [6.45, 7) is 14.1. The smallest absolute Gasteiger partial charge is 0.119 e. The first-order chi connectivity index (χ1) is 11.3. The van der Waals surface area contributed by atoms with Gasteiger partial charge in [0.05, 0.1) is 0 Å². The summed E-state index contributed by atoms with van der Waals surface area (Å²) in [5.41, 5.74) is 2.83. The van der Waals surface area contributed by atoms with Crippen LogP contribution < -0.4 is 4.74 Å². The Labute approximate surface area is 147 Å². The summed E-state index contributed by atoms with van der Waals surface area (Å²) >= 11 is 0. The van der Waals surface area contributed by atoms with E-state index in [1.807, 2.05) is 18.2 Å². The molecule has 2 nitrogen and oxygen atoms in total. The molecule has 2 heteroatoms. The SMILES string of the molecule is CC(C)N(Cc1ccc(OCc2ccccc2)cc1)CC(C)(C)C. The van der Waals surface area contributed by atoms with E-state index in [4.69, 9.17) is 4.74 Å². The van der Waals surface area contributed by atoms with E-state index in [1.54, 1.807) is 0 Å². The van der Waals surface area contributed by atoms with Crippen LogP contribution in [0.1, 0.15) is 45.7 Å². The van der Waals surface area contributed by atoms with Crippen LogP contribution in [-0.2, 0) is 13.2 Å². The lowest BCUT2D eigenvalue weighted by Gasteiger charge is -2.33. The molecule has 0 saturated heterocycles. The molecule has 0 aliphatic heterocycles. The summed E-state index contributed by atoms with van der Waals surface area (Å²) in [5.74, 6) is 0.925. The Bertz CT molecular complexity index is 596. The van der Waals surface area contributed by atoms with Crippen LogP contribution in [0.3, 0.4) is 0 Å². The zero-order chi connectivity index (χ0) is 17.6. The van der Waals surface area contributed by atoms with Crippen molar-refractivity contribution < 1.29 is 4.74 Å². The highest BCUT2D eigenvalue weighted by molar-refractivity contribution is 5.28. The molecule has 2 aromatic rings. The number of hydrogen-bond donors (Lipinski definition) is 0. The second-order valence-corrected chi connectivity index (χ2v) is 7.98. The van der Waals surface area contributed by atoms with E-state index in [0.29, 0.717) is 18.1 Å². The summed E-state index contributed by atoms with van der Waals surface area (Å²) in [6, 6.07) is 19.3. The summed E-state index contributed by atoms with van der Waals surface area (Å²) in [4.78, 5) is 2.53. The Morgan fingerprint density at radius 2 is 1.50 bits per heavy atom. The normalized spacial score (nSPS) is 12.0. The van der Waals surface area contributed by atoms with Crippen LogP contribution in [0.5, 0.6) is 5.75 Å². The van der Waals surface area contributed by atoms with E-state index in [-0.39, 0.29) is 0 Å². The van der Waals surface area contributed by atoms with Gasteiger partial charge in [0.2, 0.25) is 0 Å². The molecule has 0 heterocycles. The lowest BCUT2D eigenvalue weighted by molar-refractivity contribution is 0.147. The van der Waals surface area contributed by atoms with Gasteiger partial charge in [0.15, 0.2) is 0 Å². The predicted molar refractivity (Wildman–Crippen MR) is 102 cm³/mol. The maximum atomic E-state index is 5.87. The molecule has 130 valence electrons. The highest BCUT2D eigenvalue weighted by Gasteiger charge is 2.18. The molecule has 0 unspecified atom stereocenters. The van der Waals surface area contributed by atoms with Crippen molar-refractivity contribution in [3.63, 3.8) is 0 Å². The van der Waals surface area contributed by atoms with Gasteiger partial charge in [-0.3, -0.25) is 4.90 Å². The number of hydrogen-bond acceptors (Lipinski definition) is 2. The first kappa shape index (κ1) is 18.5. The first-order valence-corrected chi connectivity index (χ1v) is 8.83. The fraction of sp³-hybridized carbons (Fsp3) is 0.455. The van der Waals surface area contributed by atoms with Gasteiger partial charge in [-0.2, -0.15) is 0 Å². The Kier molecular flexibility index (Phi) is 6.44. The van der Waals surface area contributed by atoms with Crippen LogP contribution >= 0.6 is 0 Å². The van der Waals surface area contributed by atoms with Crippen LogP contribution in [-0.4, -0.2) is 17.5 Å². The van der Waals surface area contributed by atoms with Crippen molar-refractivity contribution in [1.82, 2.24) is 4.90 Å². The molecule has 0 aliphatic carbocycles. The number of benzene rings is 2. The Balaban J connectivity index is 1.93. The monoisotopic (exact) mass is 325 g/mol. The second-order valence-electron chi connectivity index (χ2n) is 7.98. The molecule has 0 bridgehead atoms. The molecule has 0 spiro atoms. The van der Waals surface area contributed by atoms with Crippen molar-refractivity contribution in [2.45, 2.75) is 53.8 Å². The van der Waals surface area contributed by atoms with E-state index < -0.39 is 0 Å². The fourth-order valence-corrected chi connectivity index (χ4v) is 2.70. The minimum atomic E-state index is 0.309. The van der Waals surface area contributed by atoms with E-state index in [1.165, 1.54) is 11.1 Å². The topological polar surface area (TPSA) is 12.5 Å². The lowest BCUT2D eigenvalue weighted by Crippen LogP contribution is -2.37. The molecular weight excluding hydrogens is 294 g/mol. The Hall–Kier alpha value is -1.80. The summed E-state index contributed by atoms with van der Waals surface area (Å²) in [6.07, 6.45) is 0. The van der Waals surface area contributed by atoms with Crippen molar-refractivity contribution >= 4 is 0 Å². The van der Waals surface area contributed by atoms with E-state index in [9.17, 15) is 0 Å². The van der Waals surface area contributed by atoms with E-state index in [0.717, 1.165) is 18.8 Å². The molecule has 0 fully saturated rings. The minimum absolute atomic E-state index is 0.309. The van der Waals surface area contributed by atoms with Crippen molar-refractivity contribution in [1.29, 1.82) is 0 Å². The van der Waals surface area contributed by atoms with E-state index in [2.05, 4.69) is 75.9 Å². The third-order valence-electron chi connectivity index (χ3n) is 3.97. The average molecular weight is 325 g/mol. The minimum Gasteiger partial charge on any atom is -0.489 e. The van der Waals surface area contributed by atoms with Crippen LogP contribution in [0.15, 0.2) is 54.6 Å². The molecule has 0 aliphatic rings. The van der Waals surface area contributed by atoms with Gasteiger partial charge in [0.1, 0.15) is 12.4 Å². The fourth-order valence-electron chi connectivity index (χ4n) is 2.70. The zero-order valence-electron chi connectivity index (χ0n) is 15.8. The zero-order valence-corrected chi connectivity index (χ0v) is 15.8. The Morgan fingerprint density at radius 3 is 2.04 bits per heavy atom. The van der Waals surface area contributed by atoms with Gasteiger partial charge in [-0.05, 0) is 42.5 Å². The maximum Gasteiger partial charge on any atom is 0.119 e. The summed E-state index contributed by atoms with van der Waals surface area (Å²) < 4.78 is 5.87. The molecular formula is C22H31NO. The molecule has 24 heavy (non-hydrogen) atoms. The average Bonchev–Trinajstić information content (AvgIpc) is 2.53. The van der Waals surface area contributed by atoms with Gasteiger partial charge in [0, 0.05) is 19.1 Å². The van der Waals surface area contributed by atoms with Crippen LogP contribution in [0, 0.1) is 5.41 Å². The molecule has 2 rings (SSSR count). The van der Waals surface area contributed by atoms with Gasteiger partial charge in [-0.1, -0.05) is 63.2 Å². The number of ether oxygens (including phenoxy) is 1.